The molecule has 23 heavy (non-hydrogen) atoms. The van der Waals surface area contributed by atoms with Crippen molar-refractivity contribution >= 4 is 23.2 Å². The lowest BCUT2D eigenvalue weighted by Crippen LogP contribution is -2.40. The number of nitrogens with zero attached hydrogens (tertiary/aromatic N) is 2. The number of pyridine rings is 1. The molecule has 0 spiro atoms. The maximum atomic E-state index is 11.9. The normalized spacial score (nSPS) is 14.3. The van der Waals surface area contributed by atoms with Gasteiger partial charge in [-0.2, -0.15) is 0 Å². The van der Waals surface area contributed by atoms with Crippen LogP contribution >= 0.6 is 12.2 Å². The SMILES string of the molecule is O=C(Oc1ccc(C(=S)N2CCOCC2)cc1)c1ccccn1. The lowest BCUT2D eigenvalue weighted by molar-refractivity contribution is 0.0692. The molecule has 0 aliphatic carbocycles. The van der Waals surface area contributed by atoms with Crippen LogP contribution in [-0.2, 0) is 4.74 Å². The van der Waals surface area contributed by atoms with Gasteiger partial charge in [0.25, 0.3) is 0 Å². The smallest absolute Gasteiger partial charge is 0.362 e. The summed E-state index contributed by atoms with van der Waals surface area (Å²) < 4.78 is 10.6. The molecule has 2 heterocycles. The molecule has 0 saturated carbocycles. The number of carbonyl (C=O) groups excluding carboxylic acids is 1. The Morgan fingerprint density at radius 1 is 1.13 bits per heavy atom. The summed E-state index contributed by atoms with van der Waals surface area (Å²) in [5, 5.41) is 0. The minimum Gasteiger partial charge on any atom is -0.422 e. The molecule has 5 nitrogen and oxygen atoms in total. The topological polar surface area (TPSA) is 51.7 Å². The third kappa shape index (κ3) is 3.91. The molecule has 1 aliphatic heterocycles. The van der Waals surface area contributed by atoms with Gasteiger partial charge in [0.2, 0.25) is 0 Å². The maximum Gasteiger partial charge on any atom is 0.362 e. The lowest BCUT2D eigenvalue weighted by atomic mass is 10.2. The van der Waals surface area contributed by atoms with E-state index in [0.29, 0.717) is 19.0 Å². The van der Waals surface area contributed by atoms with Crippen LogP contribution in [0.1, 0.15) is 16.1 Å². The van der Waals surface area contributed by atoms with E-state index >= 15 is 0 Å². The second kappa shape index (κ2) is 7.30. The Balaban J connectivity index is 1.65. The second-order valence-corrected chi connectivity index (χ2v) is 5.42. The van der Waals surface area contributed by atoms with E-state index in [1.807, 2.05) is 12.1 Å². The van der Waals surface area contributed by atoms with E-state index in [-0.39, 0.29) is 5.69 Å². The van der Waals surface area contributed by atoms with Crippen LogP contribution in [0.5, 0.6) is 5.75 Å². The van der Waals surface area contributed by atoms with Gasteiger partial charge in [0.1, 0.15) is 16.4 Å². The van der Waals surface area contributed by atoms with Crippen molar-refractivity contribution < 1.29 is 14.3 Å². The Hall–Kier alpha value is -2.31. The van der Waals surface area contributed by atoms with Crippen LogP contribution in [-0.4, -0.2) is 47.1 Å². The molecule has 1 aliphatic rings. The highest BCUT2D eigenvalue weighted by atomic mass is 32.1. The van der Waals surface area contributed by atoms with E-state index in [1.165, 1.54) is 0 Å². The molecule has 6 heteroatoms. The fourth-order valence-electron chi connectivity index (χ4n) is 2.26. The molecule has 0 N–H and O–H groups in total. The summed E-state index contributed by atoms with van der Waals surface area (Å²) in [5.74, 6) is -0.0108. The van der Waals surface area contributed by atoms with Crippen molar-refractivity contribution in [2.24, 2.45) is 0 Å². The number of ether oxygens (including phenoxy) is 2. The van der Waals surface area contributed by atoms with Gasteiger partial charge in [-0.15, -0.1) is 0 Å². The Morgan fingerprint density at radius 2 is 1.87 bits per heavy atom. The van der Waals surface area contributed by atoms with Crippen LogP contribution < -0.4 is 4.74 Å². The largest absolute Gasteiger partial charge is 0.422 e. The number of morpholine rings is 1. The third-order valence-corrected chi connectivity index (χ3v) is 3.98. The van der Waals surface area contributed by atoms with Gasteiger partial charge in [-0.3, -0.25) is 0 Å². The number of hydrogen-bond donors (Lipinski definition) is 0. The van der Waals surface area contributed by atoms with Gasteiger partial charge in [0.05, 0.1) is 13.2 Å². The summed E-state index contributed by atoms with van der Waals surface area (Å²) >= 11 is 5.50. The Bertz CT molecular complexity index is 683. The molecule has 3 rings (SSSR count). The lowest BCUT2D eigenvalue weighted by Gasteiger charge is -2.29. The number of esters is 1. The number of hydrogen-bond acceptors (Lipinski definition) is 5. The van der Waals surface area contributed by atoms with Gasteiger partial charge in [-0.1, -0.05) is 18.3 Å². The van der Waals surface area contributed by atoms with E-state index in [1.54, 1.807) is 36.5 Å². The van der Waals surface area contributed by atoms with Crippen molar-refractivity contribution in [2.45, 2.75) is 0 Å². The molecule has 1 aromatic heterocycles. The summed E-state index contributed by atoms with van der Waals surface area (Å²) in [6.45, 7) is 2.99. The first kappa shape index (κ1) is 15.6. The molecule has 0 unspecified atom stereocenters. The van der Waals surface area contributed by atoms with Crippen LogP contribution in [0.2, 0.25) is 0 Å². The second-order valence-electron chi connectivity index (χ2n) is 5.03. The third-order valence-electron chi connectivity index (χ3n) is 3.48. The van der Waals surface area contributed by atoms with Crippen molar-refractivity contribution in [3.8, 4) is 5.75 Å². The van der Waals surface area contributed by atoms with E-state index in [9.17, 15) is 4.79 Å². The van der Waals surface area contributed by atoms with Crippen molar-refractivity contribution in [1.29, 1.82) is 0 Å². The van der Waals surface area contributed by atoms with Gasteiger partial charge < -0.3 is 14.4 Å². The average Bonchev–Trinajstić information content (AvgIpc) is 2.63. The molecular weight excluding hydrogens is 312 g/mol. The number of aromatic nitrogens is 1. The van der Waals surface area contributed by atoms with Crippen LogP contribution in [0, 0.1) is 0 Å². The van der Waals surface area contributed by atoms with E-state index in [2.05, 4.69) is 9.88 Å². The predicted octanol–water partition coefficient (Wildman–Crippen LogP) is 2.31. The predicted molar refractivity (Wildman–Crippen MR) is 89.7 cm³/mol. The standard InChI is InChI=1S/C17H16N2O3S/c20-17(15-3-1-2-8-18-15)22-14-6-4-13(5-7-14)16(23)19-9-11-21-12-10-19/h1-8H,9-12H2. The van der Waals surface area contributed by atoms with Crippen molar-refractivity contribution in [2.75, 3.05) is 26.3 Å². The van der Waals surface area contributed by atoms with Crippen molar-refractivity contribution in [3.63, 3.8) is 0 Å². The number of benzene rings is 1. The number of thiocarbonyl (C=S) groups is 1. The van der Waals surface area contributed by atoms with Crippen molar-refractivity contribution in [3.05, 3.63) is 59.9 Å². The zero-order chi connectivity index (χ0) is 16.1. The summed E-state index contributed by atoms with van der Waals surface area (Å²) in [7, 11) is 0. The highest BCUT2D eigenvalue weighted by molar-refractivity contribution is 7.80. The van der Waals surface area contributed by atoms with E-state index in [4.69, 9.17) is 21.7 Å². The van der Waals surface area contributed by atoms with Gasteiger partial charge in [-0.05, 0) is 36.4 Å². The monoisotopic (exact) mass is 328 g/mol. The van der Waals surface area contributed by atoms with E-state index < -0.39 is 5.97 Å². The molecule has 0 atom stereocenters. The Kier molecular flexibility index (Phi) is 4.95. The highest BCUT2D eigenvalue weighted by Gasteiger charge is 2.15. The average molecular weight is 328 g/mol. The van der Waals surface area contributed by atoms with Crippen LogP contribution in [0.25, 0.3) is 0 Å². The molecular formula is C17H16N2O3S. The molecule has 2 aromatic rings. The van der Waals surface area contributed by atoms with Gasteiger partial charge in [0.15, 0.2) is 0 Å². The molecule has 1 fully saturated rings. The fourth-order valence-corrected chi connectivity index (χ4v) is 2.58. The Labute approximate surface area is 139 Å². The van der Waals surface area contributed by atoms with Crippen molar-refractivity contribution in [1.82, 2.24) is 9.88 Å². The summed E-state index contributed by atoms with van der Waals surface area (Å²) in [5.41, 5.74) is 1.21. The molecule has 1 aromatic carbocycles. The Morgan fingerprint density at radius 3 is 2.52 bits per heavy atom. The van der Waals surface area contributed by atoms with Gasteiger partial charge in [0, 0.05) is 24.8 Å². The zero-order valence-electron chi connectivity index (χ0n) is 12.5. The summed E-state index contributed by atoms with van der Waals surface area (Å²) in [6.07, 6.45) is 1.56. The van der Waals surface area contributed by atoms with Gasteiger partial charge >= 0.3 is 5.97 Å². The molecule has 0 amide bonds. The molecule has 0 bridgehead atoms. The highest BCUT2D eigenvalue weighted by Crippen LogP contribution is 2.16. The minimum absolute atomic E-state index is 0.278. The van der Waals surface area contributed by atoms with Crippen LogP contribution in [0.3, 0.4) is 0 Å². The maximum absolute atomic E-state index is 11.9. The minimum atomic E-state index is -0.478. The molecule has 1 saturated heterocycles. The van der Waals surface area contributed by atoms with Gasteiger partial charge in [-0.25, -0.2) is 9.78 Å². The van der Waals surface area contributed by atoms with E-state index in [0.717, 1.165) is 23.6 Å². The number of rotatable bonds is 3. The summed E-state index contributed by atoms with van der Waals surface area (Å²) in [6, 6.07) is 12.3. The first-order valence-electron chi connectivity index (χ1n) is 7.34. The van der Waals surface area contributed by atoms with Crippen LogP contribution in [0.15, 0.2) is 48.7 Å². The quantitative estimate of drug-likeness (QED) is 0.490. The molecule has 118 valence electrons. The zero-order valence-corrected chi connectivity index (χ0v) is 13.3. The fraction of sp³-hybridized carbons (Fsp3) is 0.235. The first-order valence-corrected chi connectivity index (χ1v) is 7.75. The first-order chi connectivity index (χ1) is 11.2. The van der Waals surface area contributed by atoms with Crippen LogP contribution in [0.4, 0.5) is 0 Å². The summed E-state index contributed by atoms with van der Waals surface area (Å²) in [4.78, 5) is 18.8. The molecule has 0 radical (unpaired) electrons. The number of carbonyl (C=O) groups is 1.